The number of carbonyl (C=O) groups excluding carboxylic acids is 2. The van der Waals surface area contributed by atoms with E-state index in [-0.39, 0.29) is 23.4 Å². The van der Waals surface area contributed by atoms with Gasteiger partial charge in [0.1, 0.15) is 12.4 Å². The Balaban J connectivity index is 1.27. The number of nitrogens with one attached hydrogen (secondary N) is 2. The minimum Gasteiger partial charge on any atom is -0.486 e. The molecule has 4 rings (SSSR count). The van der Waals surface area contributed by atoms with Crippen molar-refractivity contribution in [2.75, 3.05) is 25.0 Å². The highest BCUT2D eigenvalue weighted by Gasteiger charge is 2.18. The van der Waals surface area contributed by atoms with E-state index < -0.39 is 0 Å². The average molecular weight is 480 g/mol. The number of hydrogen-bond acceptors (Lipinski definition) is 7. The van der Waals surface area contributed by atoms with Crippen LogP contribution < -0.4 is 15.4 Å². The molecular weight excluding hydrogens is 450 g/mol. The number of amides is 2. The fraction of sp³-hybridized carbons (Fsp3) is 0.360. The number of carbonyl (C=O) groups is 2. The van der Waals surface area contributed by atoms with Crippen molar-refractivity contribution >= 4 is 28.8 Å². The highest BCUT2D eigenvalue weighted by atomic mass is 32.1. The van der Waals surface area contributed by atoms with E-state index in [2.05, 4.69) is 32.7 Å². The van der Waals surface area contributed by atoms with Gasteiger partial charge in [-0.3, -0.25) is 14.5 Å². The molecule has 178 valence electrons. The van der Waals surface area contributed by atoms with Crippen LogP contribution in [0.2, 0.25) is 0 Å². The fourth-order valence-electron chi connectivity index (χ4n) is 3.89. The molecule has 2 amide bonds. The Morgan fingerprint density at radius 3 is 2.76 bits per heavy atom. The lowest BCUT2D eigenvalue weighted by Gasteiger charge is -2.33. The number of para-hydroxylation sites is 1. The molecule has 9 heteroatoms. The van der Waals surface area contributed by atoms with E-state index in [1.165, 1.54) is 30.6 Å². The van der Waals surface area contributed by atoms with Crippen LogP contribution in [0.4, 0.5) is 5.69 Å². The van der Waals surface area contributed by atoms with Crippen molar-refractivity contribution in [2.24, 2.45) is 0 Å². The van der Waals surface area contributed by atoms with E-state index in [1.54, 1.807) is 24.3 Å². The summed E-state index contributed by atoms with van der Waals surface area (Å²) >= 11 is 1.17. The van der Waals surface area contributed by atoms with Crippen LogP contribution in [0.3, 0.4) is 0 Å². The van der Waals surface area contributed by atoms with Gasteiger partial charge in [-0.2, -0.15) is 0 Å². The SMILES string of the molecule is C[C@@H]1CCCCN1CCNC(=O)c1cccc(NC(=O)c2nnc(COc3ccccc3)s2)c1. The van der Waals surface area contributed by atoms with Crippen LogP contribution in [0.1, 0.15) is 51.4 Å². The molecule has 3 aromatic rings. The Hall–Kier alpha value is -3.30. The first kappa shape index (κ1) is 23.8. The van der Waals surface area contributed by atoms with E-state index in [9.17, 15) is 9.59 Å². The quantitative estimate of drug-likeness (QED) is 0.482. The second kappa shape index (κ2) is 11.7. The number of benzene rings is 2. The molecule has 0 aliphatic carbocycles. The van der Waals surface area contributed by atoms with Gasteiger partial charge in [0, 0.05) is 30.4 Å². The Labute approximate surface area is 203 Å². The molecule has 1 saturated heterocycles. The number of rotatable bonds is 9. The lowest BCUT2D eigenvalue weighted by atomic mass is 10.0. The summed E-state index contributed by atoms with van der Waals surface area (Å²) in [4.78, 5) is 27.6. The zero-order valence-electron chi connectivity index (χ0n) is 19.2. The van der Waals surface area contributed by atoms with Gasteiger partial charge in [0.15, 0.2) is 5.01 Å². The summed E-state index contributed by atoms with van der Waals surface area (Å²) in [5, 5.41) is 14.6. The van der Waals surface area contributed by atoms with Crippen molar-refractivity contribution in [1.29, 1.82) is 0 Å². The number of ether oxygens (including phenoxy) is 1. The smallest absolute Gasteiger partial charge is 0.286 e. The van der Waals surface area contributed by atoms with Crippen molar-refractivity contribution < 1.29 is 14.3 Å². The van der Waals surface area contributed by atoms with Gasteiger partial charge in [-0.05, 0) is 56.6 Å². The summed E-state index contributed by atoms with van der Waals surface area (Å²) in [5.41, 5.74) is 1.03. The summed E-state index contributed by atoms with van der Waals surface area (Å²) < 4.78 is 5.65. The second-order valence-electron chi connectivity index (χ2n) is 8.27. The van der Waals surface area contributed by atoms with Crippen LogP contribution in [0.15, 0.2) is 54.6 Å². The summed E-state index contributed by atoms with van der Waals surface area (Å²) in [6, 6.07) is 16.8. The van der Waals surface area contributed by atoms with Crippen LogP contribution in [0.5, 0.6) is 5.75 Å². The van der Waals surface area contributed by atoms with E-state index in [0.717, 1.165) is 18.8 Å². The number of aromatic nitrogens is 2. The van der Waals surface area contributed by atoms with Gasteiger partial charge in [0.2, 0.25) is 5.01 Å². The zero-order valence-corrected chi connectivity index (χ0v) is 20.0. The van der Waals surface area contributed by atoms with Crippen molar-refractivity contribution in [3.05, 3.63) is 70.2 Å². The van der Waals surface area contributed by atoms with Crippen LogP contribution in [0.25, 0.3) is 0 Å². The van der Waals surface area contributed by atoms with Gasteiger partial charge in [-0.25, -0.2) is 0 Å². The molecule has 1 atom stereocenters. The third-order valence-corrected chi connectivity index (χ3v) is 6.67. The maximum atomic E-state index is 12.6. The third-order valence-electron chi connectivity index (χ3n) is 5.77. The molecular formula is C25H29N5O3S. The normalized spacial score (nSPS) is 16.1. The van der Waals surface area contributed by atoms with Crippen molar-refractivity contribution in [3.63, 3.8) is 0 Å². The molecule has 1 aliphatic rings. The number of likely N-dealkylation sites (tertiary alicyclic amines) is 1. The average Bonchev–Trinajstić information content (AvgIpc) is 3.34. The van der Waals surface area contributed by atoms with Crippen LogP contribution in [0, 0.1) is 0 Å². The van der Waals surface area contributed by atoms with Crippen LogP contribution in [-0.2, 0) is 6.61 Å². The first-order valence-corrected chi connectivity index (χ1v) is 12.3. The highest BCUT2D eigenvalue weighted by molar-refractivity contribution is 7.13. The lowest BCUT2D eigenvalue weighted by Crippen LogP contribution is -2.42. The Morgan fingerprint density at radius 2 is 1.94 bits per heavy atom. The lowest BCUT2D eigenvalue weighted by molar-refractivity contribution is 0.0937. The third kappa shape index (κ3) is 6.61. The molecule has 0 unspecified atom stereocenters. The van der Waals surface area contributed by atoms with Gasteiger partial charge >= 0.3 is 0 Å². The molecule has 1 aromatic heterocycles. The van der Waals surface area contributed by atoms with Gasteiger partial charge in [0.05, 0.1) is 0 Å². The standard InChI is InChI=1S/C25H29N5O3S/c1-18-8-5-6-14-30(18)15-13-26-23(31)19-9-7-10-20(16-19)27-24(32)25-29-28-22(34-25)17-33-21-11-3-2-4-12-21/h2-4,7,9-12,16,18H,5-6,8,13-15,17H2,1H3,(H,26,31)(H,27,32)/t18-/m1/s1. The monoisotopic (exact) mass is 479 g/mol. The van der Waals surface area contributed by atoms with Crippen molar-refractivity contribution in [1.82, 2.24) is 20.4 Å². The molecule has 1 aliphatic heterocycles. The molecule has 2 heterocycles. The Bertz CT molecular complexity index is 1100. The van der Waals surface area contributed by atoms with E-state index in [4.69, 9.17) is 4.74 Å². The van der Waals surface area contributed by atoms with Crippen molar-refractivity contribution in [3.8, 4) is 5.75 Å². The minimum absolute atomic E-state index is 0.156. The van der Waals surface area contributed by atoms with Gasteiger partial charge in [0.25, 0.3) is 11.8 Å². The van der Waals surface area contributed by atoms with E-state index >= 15 is 0 Å². The molecule has 0 bridgehead atoms. The van der Waals surface area contributed by atoms with Crippen LogP contribution >= 0.6 is 11.3 Å². The highest BCUT2D eigenvalue weighted by Crippen LogP contribution is 2.18. The summed E-state index contributed by atoms with van der Waals surface area (Å²) in [6.45, 7) is 5.00. The molecule has 1 fully saturated rings. The maximum Gasteiger partial charge on any atom is 0.286 e. The first-order valence-electron chi connectivity index (χ1n) is 11.5. The maximum absolute atomic E-state index is 12.6. The molecule has 0 saturated carbocycles. The topological polar surface area (TPSA) is 96.5 Å². The van der Waals surface area contributed by atoms with Gasteiger partial charge in [-0.1, -0.05) is 42.0 Å². The molecule has 0 spiro atoms. The summed E-state index contributed by atoms with van der Waals surface area (Å²) in [6.07, 6.45) is 3.71. The van der Waals surface area contributed by atoms with Gasteiger partial charge < -0.3 is 15.4 Å². The Kier molecular flexibility index (Phi) is 8.21. The number of piperidine rings is 1. The predicted octanol–water partition coefficient (Wildman–Crippen LogP) is 3.97. The summed E-state index contributed by atoms with van der Waals surface area (Å²) in [5.74, 6) is 0.196. The second-order valence-corrected chi connectivity index (χ2v) is 9.34. The summed E-state index contributed by atoms with van der Waals surface area (Å²) in [7, 11) is 0. The molecule has 2 N–H and O–H groups in total. The van der Waals surface area contributed by atoms with E-state index in [1.807, 2.05) is 30.3 Å². The number of anilines is 1. The number of hydrogen-bond donors (Lipinski definition) is 2. The fourth-order valence-corrected chi connectivity index (χ4v) is 4.54. The predicted molar refractivity (Wildman–Crippen MR) is 132 cm³/mol. The van der Waals surface area contributed by atoms with Crippen LogP contribution in [-0.4, -0.2) is 52.6 Å². The van der Waals surface area contributed by atoms with Gasteiger partial charge in [-0.15, -0.1) is 10.2 Å². The minimum atomic E-state index is -0.375. The number of nitrogens with zero attached hydrogens (tertiary/aromatic N) is 3. The van der Waals surface area contributed by atoms with Crippen molar-refractivity contribution in [2.45, 2.75) is 38.8 Å². The largest absolute Gasteiger partial charge is 0.486 e. The van der Waals surface area contributed by atoms with E-state index in [0.29, 0.717) is 28.8 Å². The molecule has 34 heavy (non-hydrogen) atoms. The molecule has 0 radical (unpaired) electrons. The first-order chi connectivity index (χ1) is 16.6. The molecule has 2 aromatic carbocycles. The molecule has 8 nitrogen and oxygen atoms in total. The zero-order chi connectivity index (χ0) is 23.8. The Morgan fingerprint density at radius 1 is 1.09 bits per heavy atom.